The Morgan fingerprint density at radius 1 is 1.36 bits per heavy atom. The molecular weight excluding hydrogens is 242 g/mol. The number of benzene rings is 1. The molecule has 0 heterocycles. The molecule has 0 radical (unpaired) electrons. The summed E-state index contributed by atoms with van der Waals surface area (Å²) in [7, 11) is 1.70. The lowest BCUT2D eigenvalue weighted by atomic mass is 10.1. The zero-order valence-corrected chi connectivity index (χ0v) is 10.0. The Balaban J connectivity index is 2.70. The number of hydrogen-bond acceptors (Lipinski definition) is 2. The summed E-state index contributed by atoms with van der Waals surface area (Å²) in [5.74, 6) is 0.949. The molecule has 0 aliphatic heterocycles. The lowest BCUT2D eigenvalue weighted by molar-refractivity contribution is 0.406. The smallest absolute Gasteiger partial charge is 0.136 e. The average Bonchev–Trinajstić information content (AvgIpc) is 2.18. The molecule has 0 saturated heterocycles. The molecule has 1 rings (SSSR count). The summed E-state index contributed by atoms with van der Waals surface area (Å²) in [6, 6.07) is 6.12. The molecule has 0 aliphatic rings. The molecule has 0 aliphatic carbocycles. The number of hydrogen-bond donors (Lipinski definition) is 1. The van der Waals surface area contributed by atoms with Crippen molar-refractivity contribution in [2.45, 2.75) is 19.3 Å². The maximum absolute atomic E-state index is 5.45. The van der Waals surface area contributed by atoms with Crippen LogP contribution in [0.3, 0.4) is 0 Å². The lowest BCUT2D eigenvalue weighted by Gasteiger charge is -2.09. The van der Waals surface area contributed by atoms with Crippen LogP contribution in [0, 0.1) is 0 Å². The Bertz CT molecular complexity index is 289. The van der Waals surface area contributed by atoms with Gasteiger partial charge in [-0.05, 0) is 53.4 Å². The molecule has 0 bridgehead atoms. The van der Waals surface area contributed by atoms with Gasteiger partial charge in [-0.3, -0.25) is 0 Å². The summed E-state index contributed by atoms with van der Waals surface area (Å²) in [6.45, 7) is 0.760. The largest absolute Gasteiger partial charge is 0.495 e. The molecule has 2 nitrogen and oxygen atoms in total. The first-order chi connectivity index (χ1) is 6.79. The molecule has 0 saturated carbocycles. The van der Waals surface area contributed by atoms with E-state index in [4.69, 9.17) is 10.5 Å². The molecule has 0 fully saturated rings. The Kier molecular flexibility index (Phi) is 4.98. The molecule has 78 valence electrons. The van der Waals surface area contributed by atoms with Crippen molar-refractivity contribution in [3.8, 4) is 5.75 Å². The van der Waals surface area contributed by atoms with E-state index in [1.54, 1.807) is 7.11 Å². The van der Waals surface area contributed by atoms with Crippen molar-refractivity contribution in [2.24, 2.45) is 5.73 Å². The Morgan fingerprint density at radius 2 is 2.14 bits per heavy atom. The molecule has 0 aromatic heterocycles. The van der Waals surface area contributed by atoms with Crippen LogP contribution in [0.1, 0.15) is 18.4 Å². The van der Waals surface area contributed by atoms with Gasteiger partial charge < -0.3 is 10.5 Å². The number of rotatable bonds is 5. The van der Waals surface area contributed by atoms with Crippen molar-refractivity contribution in [1.29, 1.82) is 0 Å². The van der Waals surface area contributed by atoms with E-state index >= 15 is 0 Å². The van der Waals surface area contributed by atoms with Crippen LogP contribution in [0.2, 0.25) is 0 Å². The van der Waals surface area contributed by atoms with E-state index in [1.807, 2.05) is 12.1 Å². The standard InChI is InChI=1S/C11H16BrNO/c1-14-11-9(5-2-3-8-13)6-4-7-10(11)12/h4,6-7H,2-3,5,8,13H2,1H3. The van der Waals surface area contributed by atoms with Crippen LogP contribution in [-0.2, 0) is 6.42 Å². The van der Waals surface area contributed by atoms with Crippen LogP contribution < -0.4 is 10.5 Å². The molecule has 14 heavy (non-hydrogen) atoms. The second-order valence-electron chi connectivity index (χ2n) is 3.18. The second kappa shape index (κ2) is 6.04. The molecule has 0 unspecified atom stereocenters. The number of methoxy groups -OCH3 is 1. The van der Waals surface area contributed by atoms with E-state index in [1.165, 1.54) is 5.56 Å². The van der Waals surface area contributed by atoms with Gasteiger partial charge in [0.15, 0.2) is 0 Å². The molecule has 0 amide bonds. The molecule has 3 heteroatoms. The maximum Gasteiger partial charge on any atom is 0.136 e. The SMILES string of the molecule is COc1c(Br)cccc1CCCCN. The molecule has 1 aromatic carbocycles. The monoisotopic (exact) mass is 257 g/mol. The van der Waals surface area contributed by atoms with Gasteiger partial charge in [0.25, 0.3) is 0 Å². The van der Waals surface area contributed by atoms with Crippen LogP contribution in [0.5, 0.6) is 5.75 Å². The zero-order chi connectivity index (χ0) is 10.4. The normalized spacial score (nSPS) is 10.2. The first-order valence-corrected chi connectivity index (χ1v) is 5.60. The third kappa shape index (κ3) is 3.00. The zero-order valence-electron chi connectivity index (χ0n) is 8.42. The molecule has 2 N–H and O–H groups in total. The third-order valence-electron chi connectivity index (χ3n) is 2.15. The van der Waals surface area contributed by atoms with Gasteiger partial charge in [0.2, 0.25) is 0 Å². The van der Waals surface area contributed by atoms with Crippen molar-refractivity contribution in [1.82, 2.24) is 0 Å². The van der Waals surface area contributed by atoms with Crippen molar-refractivity contribution < 1.29 is 4.74 Å². The van der Waals surface area contributed by atoms with Gasteiger partial charge in [0.1, 0.15) is 5.75 Å². The predicted octanol–water partition coefficient (Wildman–Crippen LogP) is 2.74. The highest BCUT2D eigenvalue weighted by Gasteiger charge is 2.05. The van der Waals surface area contributed by atoms with E-state index in [2.05, 4.69) is 22.0 Å². The number of nitrogens with two attached hydrogens (primary N) is 1. The summed E-state index contributed by atoms with van der Waals surface area (Å²) in [5.41, 5.74) is 6.70. The van der Waals surface area contributed by atoms with Gasteiger partial charge in [-0.15, -0.1) is 0 Å². The topological polar surface area (TPSA) is 35.2 Å². The summed E-state index contributed by atoms with van der Waals surface area (Å²) < 4.78 is 6.35. The number of unbranched alkanes of at least 4 members (excludes halogenated alkanes) is 1. The summed E-state index contributed by atoms with van der Waals surface area (Å²) in [6.07, 6.45) is 3.21. The lowest BCUT2D eigenvalue weighted by Crippen LogP contribution is -2.00. The van der Waals surface area contributed by atoms with Crippen molar-refractivity contribution in [2.75, 3.05) is 13.7 Å². The number of aryl methyl sites for hydroxylation is 1. The number of para-hydroxylation sites is 1. The van der Waals surface area contributed by atoms with Crippen LogP contribution in [0.25, 0.3) is 0 Å². The maximum atomic E-state index is 5.45. The minimum atomic E-state index is 0.760. The van der Waals surface area contributed by atoms with Crippen LogP contribution in [0.15, 0.2) is 22.7 Å². The van der Waals surface area contributed by atoms with Crippen molar-refractivity contribution in [3.63, 3.8) is 0 Å². The van der Waals surface area contributed by atoms with E-state index in [-0.39, 0.29) is 0 Å². The van der Waals surface area contributed by atoms with Gasteiger partial charge >= 0.3 is 0 Å². The fourth-order valence-electron chi connectivity index (χ4n) is 1.44. The Morgan fingerprint density at radius 3 is 2.79 bits per heavy atom. The van der Waals surface area contributed by atoms with Gasteiger partial charge in [0, 0.05) is 0 Å². The fourth-order valence-corrected chi connectivity index (χ4v) is 2.01. The summed E-state index contributed by atoms with van der Waals surface area (Å²) in [4.78, 5) is 0. The van der Waals surface area contributed by atoms with E-state index < -0.39 is 0 Å². The molecular formula is C11H16BrNO. The second-order valence-corrected chi connectivity index (χ2v) is 4.03. The Labute approximate surface area is 93.6 Å². The quantitative estimate of drug-likeness (QED) is 0.824. The van der Waals surface area contributed by atoms with E-state index in [0.29, 0.717) is 0 Å². The highest BCUT2D eigenvalue weighted by molar-refractivity contribution is 9.10. The van der Waals surface area contributed by atoms with Crippen LogP contribution >= 0.6 is 15.9 Å². The summed E-state index contributed by atoms with van der Waals surface area (Å²) in [5, 5.41) is 0. The van der Waals surface area contributed by atoms with Crippen molar-refractivity contribution >= 4 is 15.9 Å². The minimum Gasteiger partial charge on any atom is -0.495 e. The average molecular weight is 258 g/mol. The molecule has 0 spiro atoms. The van der Waals surface area contributed by atoms with Crippen molar-refractivity contribution in [3.05, 3.63) is 28.2 Å². The van der Waals surface area contributed by atoms with Gasteiger partial charge in [-0.25, -0.2) is 0 Å². The fraction of sp³-hybridized carbons (Fsp3) is 0.455. The predicted molar refractivity (Wildman–Crippen MR) is 62.7 cm³/mol. The molecule has 1 aromatic rings. The van der Waals surface area contributed by atoms with Crippen LogP contribution in [-0.4, -0.2) is 13.7 Å². The van der Waals surface area contributed by atoms with E-state index in [0.717, 1.165) is 36.0 Å². The third-order valence-corrected chi connectivity index (χ3v) is 2.78. The highest BCUT2D eigenvalue weighted by Crippen LogP contribution is 2.29. The van der Waals surface area contributed by atoms with Crippen LogP contribution in [0.4, 0.5) is 0 Å². The van der Waals surface area contributed by atoms with Gasteiger partial charge in [-0.2, -0.15) is 0 Å². The van der Waals surface area contributed by atoms with Gasteiger partial charge in [0.05, 0.1) is 11.6 Å². The highest BCUT2D eigenvalue weighted by atomic mass is 79.9. The first kappa shape index (κ1) is 11.5. The number of halogens is 1. The van der Waals surface area contributed by atoms with Gasteiger partial charge in [-0.1, -0.05) is 12.1 Å². The summed E-state index contributed by atoms with van der Waals surface area (Å²) >= 11 is 3.47. The molecule has 0 atom stereocenters. The Hall–Kier alpha value is -0.540. The first-order valence-electron chi connectivity index (χ1n) is 4.81. The van der Waals surface area contributed by atoms with E-state index in [9.17, 15) is 0 Å². The number of ether oxygens (including phenoxy) is 1. The minimum absolute atomic E-state index is 0.760.